The Balaban J connectivity index is 1.33. The molecule has 4 aromatic rings. The van der Waals surface area contributed by atoms with E-state index in [9.17, 15) is 14.4 Å². The molecule has 1 aliphatic rings. The van der Waals surface area contributed by atoms with Crippen LogP contribution in [-0.4, -0.2) is 79.8 Å². The van der Waals surface area contributed by atoms with E-state index < -0.39 is 5.91 Å². The first-order chi connectivity index (χ1) is 17.4. The lowest BCUT2D eigenvalue weighted by Crippen LogP contribution is -2.50. The number of fused-ring (bicyclic) bond motifs is 1. The van der Waals surface area contributed by atoms with Crippen molar-refractivity contribution in [1.82, 2.24) is 29.3 Å². The fraction of sp³-hybridized carbons (Fsp3) is 0.250. The Hall–Kier alpha value is -4.58. The number of aryl methyl sites for hydroxylation is 1. The molecule has 3 amide bonds. The minimum atomic E-state index is -0.721. The second-order valence-electron chi connectivity index (χ2n) is 8.48. The molecule has 1 fully saturated rings. The van der Waals surface area contributed by atoms with Crippen molar-refractivity contribution in [2.75, 3.05) is 38.0 Å². The smallest absolute Gasteiger partial charge is 0.271 e. The van der Waals surface area contributed by atoms with Gasteiger partial charge in [0.2, 0.25) is 5.91 Å². The lowest BCUT2D eigenvalue weighted by Gasteiger charge is -2.34. The third-order valence-corrected chi connectivity index (χ3v) is 5.95. The molecule has 1 saturated heterocycles. The number of nitrogens with zero attached hydrogens (tertiary/aromatic N) is 6. The van der Waals surface area contributed by atoms with Crippen LogP contribution in [0.5, 0.6) is 0 Å². The van der Waals surface area contributed by atoms with E-state index in [0.717, 1.165) is 5.56 Å². The number of rotatable bonds is 6. The molecule has 184 valence electrons. The maximum atomic E-state index is 13.6. The normalized spacial score (nSPS) is 14.2. The van der Waals surface area contributed by atoms with Crippen LogP contribution in [0.25, 0.3) is 16.9 Å². The molecule has 12 heteroatoms. The molecule has 3 N–H and O–H groups in total. The zero-order chi connectivity index (χ0) is 25.2. The van der Waals surface area contributed by atoms with E-state index in [4.69, 9.17) is 10.3 Å². The number of hydrogen-bond donors (Lipinski definition) is 2. The molecule has 0 saturated carbocycles. The van der Waals surface area contributed by atoms with Crippen molar-refractivity contribution in [3.05, 3.63) is 65.9 Å². The van der Waals surface area contributed by atoms with Gasteiger partial charge < -0.3 is 20.5 Å². The molecule has 1 aromatic carbocycles. The number of hydrogen-bond acceptors (Lipinski definition) is 8. The van der Waals surface area contributed by atoms with Crippen LogP contribution in [0.4, 0.5) is 5.82 Å². The van der Waals surface area contributed by atoms with Gasteiger partial charge in [0.25, 0.3) is 11.8 Å². The molecule has 0 spiro atoms. The summed E-state index contributed by atoms with van der Waals surface area (Å²) in [5.41, 5.74) is 7.37. The zero-order valence-corrected chi connectivity index (χ0v) is 19.5. The van der Waals surface area contributed by atoms with Crippen molar-refractivity contribution in [2.24, 2.45) is 5.73 Å². The van der Waals surface area contributed by atoms with Gasteiger partial charge in [0.1, 0.15) is 17.8 Å². The number of nitrogens with two attached hydrogens (primary N) is 1. The van der Waals surface area contributed by atoms with E-state index in [-0.39, 0.29) is 29.7 Å². The van der Waals surface area contributed by atoms with E-state index in [2.05, 4.69) is 20.4 Å². The van der Waals surface area contributed by atoms with Crippen molar-refractivity contribution in [3.8, 4) is 11.3 Å². The van der Waals surface area contributed by atoms with Crippen LogP contribution in [0, 0.1) is 6.92 Å². The topological polar surface area (TPSA) is 152 Å². The van der Waals surface area contributed by atoms with Gasteiger partial charge in [0.05, 0.1) is 12.2 Å². The number of aromatic nitrogens is 4. The molecular weight excluding hydrogens is 464 g/mol. The van der Waals surface area contributed by atoms with E-state index in [1.54, 1.807) is 24.0 Å². The molecule has 36 heavy (non-hydrogen) atoms. The molecular formula is C24H24N8O4. The van der Waals surface area contributed by atoms with Crippen LogP contribution in [-0.2, 0) is 4.79 Å². The highest BCUT2D eigenvalue weighted by Gasteiger charge is 2.27. The summed E-state index contributed by atoms with van der Waals surface area (Å²) in [6, 6.07) is 12.7. The number of piperazine rings is 1. The predicted molar refractivity (Wildman–Crippen MR) is 129 cm³/mol. The second kappa shape index (κ2) is 9.58. The number of anilines is 1. The van der Waals surface area contributed by atoms with Crippen LogP contribution in [0.2, 0.25) is 0 Å². The Morgan fingerprint density at radius 3 is 2.50 bits per heavy atom. The average Bonchev–Trinajstić information content (AvgIpc) is 3.49. The summed E-state index contributed by atoms with van der Waals surface area (Å²) in [5, 5.41) is 6.47. The first-order valence-corrected chi connectivity index (χ1v) is 11.4. The summed E-state index contributed by atoms with van der Waals surface area (Å²) >= 11 is 0. The molecule has 5 rings (SSSR count). The minimum Gasteiger partial charge on any atom is -0.364 e. The summed E-state index contributed by atoms with van der Waals surface area (Å²) in [7, 11) is 0. The molecule has 0 radical (unpaired) electrons. The maximum absolute atomic E-state index is 13.6. The Bertz CT molecular complexity index is 1440. The lowest BCUT2D eigenvalue weighted by atomic mass is 10.1. The Labute approximate surface area is 205 Å². The van der Waals surface area contributed by atoms with Gasteiger partial charge in [-0.1, -0.05) is 35.5 Å². The number of nitrogens with one attached hydrogen (secondary N) is 1. The number of amides is 3. The van der Waals surface area contributed by atoms with E-state index in [1.165, 1.54) is 10.7 Å². The summed E-state index contributed by atoms with van der Waals surface area (Å²) in [4.78, 5) is 50.1. The average molecular weight is 489 g/mol. The van der Waals surface area contributed by atoms with Gasteiger partial charge in [-0.3, -0.25) is 23.7 Å². The van der Waals surface area contributed by atoms with Crippen LogP contribution in [0.1, 0.15) is 26.7 Å². The third-order valence-electron chi connectivity index (χ3n) is 5.95. The summed E-state index contributed by atoms with van der Waals surface area (Å²) in [6.07, 6.45) is 1.39. The minimum absolute atomic E-state index is 0.0000290. The first-order valence-electron chi connectivity index (χ1n) is 11.4. The van der Waals surface area contributed by atoms with Crippen molar-refractivity contribution < 1.29 is 18.9 Å². The standard InChI is InChI=1S/C24H24N8O4/c1-15-11-19(29-36-15)28-20(33)13-30-7-9-31(10-8-30)24(35)18-12-17(16-5-3-2-4-6-16)27-23-21(22(25)34)26-14-32(18)23/h2-6,11-12,14H,7-10,13H2,1H3,(H2,25,34)(H,28,29,33). The van der Waals surface area contributed by atoms with Gasteiger partial charge in [-0.2, -0.15) is 0 Å². The van der Waals surface area contributed by atoms with Crippen molar-refractivity contribution in [2.45, 2.75) is 6.92 Å². The fourth-order valence-corrected chi connectivity index (χ4v) is 4.15. The van der Waals surface area contributed by atoms with Crippen LogP contribution >= 0.6 is 0 Å². The number of imidazole rings is 1. The van der Waals surface area contributed by atoms with E-state index in [0.29, 0.717) is 49.1 Å². The Morgan fingerprint density at radius 1 is 1.08 bits per heavy atom. The lowest BCUT2D eigenvalue weighted by molar-refractivity contribution is -0.117. The van der Waals surface area contributed by atoms with Crippen molar-refractivity contribution >= 4 is 29.2 Å². The fourth-order valence-electron chi connectivity index (χ4n) is 4.15. The van der Waals surface area contributed by atoms with Crippen LogP contribution in [0.15, 0.2) is 53.3 Å². The molecule has 1 aliphatic heterocycles. The molecule has 0 aliphatic carbocycles. The maximum Gasteiger partial charge on any atom is 0.271 e. The SMILES string of the molecule is Cc1cc(NC(=O)CN2CCN(C(=O)c3cc(-c4ccccc4)nc4c(C(N)=O)ncn34)CC2)no1. The van der Waals surface area contributed by atoms with Gasteiger partial charge >= 0.3 is 0 Å². The predicted octanol–water partition coefficient (Wildman–Crippen LogP) is 1.19. The Kier molecular flexibility index (Phi) is 6.17. The van der Waals surface area contributed by atoms with Crippen LogP contribution < -0.4 is 11.1 Å². The van der Waals surface area contributed by atoms with Gasteiger partial charge in [0, 0.05) is 37.8 Å². The van der Waals surface area contributed by atoms with Gasteiger partial charge in [0.15, 0.2) is 17.2 Å². The van der Waals surface area contributed by atoms with Gasteiger partial charge in [-0.05, 0) is 13.0 Å². The quantitative estimate of drug-likeness (QED) is 0.411. The summed E-state index contributed by atoms with van der Waals surface area (Å²) < 4.78 is 6.46. The van der Waals surface area contributed by atoms with Gasteiger partial charge in [-0.25, -0.2) is 9.97 Å². The monoisotopic (exact) mass is 488 g/mol. The molecule has 12 nitrogen and oxygen atoms in total. The number of carbonyl (C=O) groups is 3. The van der Waals surface area contributed by atoms with Crippen LogP contribution in [0.3, 0.4) is 0 Å². The molecule has 4 heterocycles. The van der Waals surface area contributed by atoms with E-state index in [1.807, 2.05) is 35.2 Å². The highest BCUT2D eigenvalue weighted by molar-refractivity contribution is 5.99. The third kappa shape index (κ3) is 4.66. The molecule has 0 bridgehead atoms. The molecule has 0 unspecified atom stereocenters. The highest BCUT2D eigenvalue weighted by atomic mass is 16.5. The first kappa shape index (κ1) is 23.2. The van der Waals surface area contributed by atoms with E-state index >= 15 is 0 Å². The van der Waals surface area contributed by atoms with Crippen molar-refractivity contribution in [3.63, 3.8) is 0 Å². The largest absolute Gasteiger partial charge is 0.364 e. The molecule has 0 atom stereocenters. The zero-order valence-electron chi connectivity index (χ0n) is 19.5. The number of primary amides is 1. The van der Waals surface area contributed by atoms with Crippen molar-refractivity contribution in [1.29, 1.82) is 0 Å². The summed E-state index contributed by atoms with van der Waals surface area (Å²) in [5.74, 6) is -0.169. The number of benzene rings is 1. The van der Waals surface area contributed by atoms with Gasteiger partial charge in [-0.15, -0.1) is 0 Å². The summed E-state index contributed by atoms with van der Waals surface area (Å²) in [6.45, 7) is 3.82. The second-order valence-corrected chi connectivity index (χ2v) is 8.48. The Morgan fingerprint density at radius 2 is 1.83 bits per heavy atom. The number of carbonyl (C=O) groups excluding carboxylic acids is 3. The molecule has 3 aromatic heterocycles. The highest BCUT2D eigenvalue weighted by Crippen LogP contribution is 2.22.